The SMILES string of the molecule is CCCCC1=[C]([Hf][C]2=C(CCCC)CC(C)=C2C)C(C)=C(C)C1. The van der Waals surface area contributed by atoms with Crippen molar-refractivity contribution in [3.63, 3.8) is 0 Å². The molecule has 0 aliphatic heterocycles. The predicted molar refractivity (Wildman–Crippen MR) is 99.1 cm³/mol. The Morgan fingerprint density at radius 1 is 0.696 bits per heavy atom. The van der Waals surface area contributed by atoms with Gasteiger partial charge in [-0.1, -0.05) is 0 Å². The molecule has 0 nitrogen and oxygen atoms in total. The van der Waals surface area contributed by atoms with Gasteiger partial charge < -0.3 is 0 Å². The van der Waals surface area contributed by atoms with Gasteiger partial charge in [-0.2, -0.15) is 0 Å². The third-order valence-corrected chi connectivity index (χ3v) is 12.6. The second kappa shape index (κ2) is 8.79. The van der Waals surface area contributed by atoms with Gasteiger partial charge in [0.1, 0.15) is 0 Å². The number of hydrogen-bond donors (Lipinski definition) is 0. The van der Waals surface area contributed by atoms with Gasteiger partial charge in [0, 0.05) is 0 Å². The van der Waals surface area contributed by atoms with Gasteiger partial charge in [-0.25, -0.2) is 0 Å². The van der Waals surface area contributed by atoms with Gasteiger partial charge in [-0.15, -0.1) is 0 Å². The van der Waals surface area contributed by atoms with Crippen LogP contribution in [-0.4, -0.2) is 0 Å². The molecule has 0 radical (unpaired) electrons. The van der Waals surface area contributed by atoms with Crippen LogP contribution in [0.2, 0.25) is 0 Å². The van der Waals surface area contributed by atoms with Crippen molar-refractivity contribution in [2.75, 3.05) is 0 Å². The maximum atomic E-state index is 2.41. The molecule has 126 valence electrons. The van der Waals surface area contributed by atoms with Crippen LogP contribution in [0.1, 0.15) is 92.9 Å². The van der Waals surface area contributed by atoms with E-state index in [4.69, 9.17) is 0 Å². The summed E-state index contributed by atoms with van der Waals surface area (Å²) in [6.07, 6.45) is 10.7. The third kappa shape index (κ3) is 4.47. The average Bonchev–Trinajstić information content (AvgIpc) is 2.95. The Hall–Kier alpha value is -0.170. The molecule has 23 heavy (non-hydrogen) atoms. The first-order valence-electron chi connectivity index (χ1n) is 9.54. The zero-order valence-electron chi connectivity index (χ0n) is 16.2. The van der Waals surface area contributed by atoms with Gasteiger partial charge in [0.25, 0.3) is 0 Å². The van der Waals surface area contributed by atoms with Crippen LogP contribution in [0.4, 0.5) is 0 Å². The number of hydrogen-bond acceptors (Lipinski definition) is 0. The van der Waals surface area contributed by atoms with Crippen LogP contribution in [0.3, 0.4) is 0 Å². The molecular formula is C22H34Hf. The third-order valence-electron chi connectivity index (χ3n) is 5.61. The molecule has 0 heterocycles. The van der Waals surface area contributed by atoms with Crippen LogP contribution in [-0.2, 0) is 22.9 Å². The first-order chi connectivity index (χ1) is 11.0. The molecule has 0 aromatic rings. The normalized spacial score (nSPS) is 18.9. The summed E-state index contributed by atoms with van der Waals surface area (Å²) >= 11 is -0.902. The summed E-state index contributed by atoms with van der Waals surface area (Å²) in [7, 11) is 0. The molecule has 0 saturated heterocycles. The first kappa shape index (κ1) is 19.2. The molecule has 0 aromatic carbocycles. The molecule has 0 N–H and O–H groups in total. The van der Waals surface area contributed by atoms with Crippen molar-refractivity contribution in [3.8, 4) is 0 Å². The van der Waals surface area contributed by atoms with Crippen LogP contribution in [0.5, 0.6) is 0 Å². The molecular weight excluding hydrogens is 443 g/mol. The topological polar surface area (TPSA) is 0 Å². The van der Waals surface area contributed by atoms with Crippen LogP contribution in [0.15, 0.2) is 40.1 Å². The van der Waals surface area contributed by atoms with E-state index in [1.807, 2.05) is 17.8 Å². The summed E-state index contributed by atoms with van der Waals surface area (Å²) in [6.45, 7) is 14.2. The van der Waals surface area contributed by atoms with E-state index >= 15 is 0 Å². The van der Waals surface area contributed by atoms with E-state index in [1.165, 1.54) is 51.4 Å². The summed E-state index contributed by atoms with van der Waals surface area (Å²) in [5.74, 6) is 0. The van der Waals surface area contributed by atoms with Crippen molar-refractivity contribution < 1.29 is 22.9 Å². The fourth-order valence-corrected chi connectivity index (χ4v) is 10.3. The van der Waals surface area contributed by atoms with Crippen LogP contribution in [0, 0.1) is 0 Å². The Morgan fingerprint density at radius 2 is 1.09 bits per heavy atom. The fraction of sp³-hybridized carbons (Fsp3) is 0.636. The van der Waals surface area contributed by atoms with E-state index in [0.29, 0.717) is 0 Å². The van der Waals surface area contributed by atoms with Crippen molar-refractivity contribution in [2.24, 2.45) is 0 Å². The molecule has 2 aliphatic carbocycles. The summed E-state index contributed by atoms with van der Waals surface area (Å²) < 4.78 is 3.77. The molecule has 0 bridgehead atoms. The van der Waals surface area contributed by atoms with Crippen molar-refractivity contribution in [1.82, 2.24) is 0 Å². The van der Waals surface area contributed by atoms with Gasteiger partial charge >= 0.3 is 156 Å². The quantitative estimate of drug-likeness (QED) is 0.319. The minimum atomic E-state index is -0.902. The van der Waals surface area contributed by atoms with Crippen molar-refractivity contribution >= 4 is 0 Å². The second-order valence-corrected chi connectivity index (χ2v) is 11.9. The molecule has 2 rings (SSSR count). The Kier molecular flexibility index (Phi) is 7.32. The summed E-state index contributed by atoms with van der Waals surface area (Å²) in [6, 6.07) is 0. The molecule has 0 unspecified atom stereocenters. The van der Waals surface area contributed by atoms with Crippen LogP contribution >= 0.6 is 0 Å². The first-order valence-corrected chi connectivity index (χ1v) is 13.1. The zero-order valence-corrected chi connectivity index (χ0v) is 19.7. The van der Waals surface area contributed by atoms with Crippen LogP contribution < -0.4 is 0 Å². The molecule has 1 heteroatoms. The summed E-state index contributed by atoms with van der Waals surface area (Å²) in [4.78, 5) is 0. The Balaban J connectivity index is 2.28. The van der Waals surface area contributed by atoms with E-state index < -0.39 is 22.9 Å². The molecule has 2 aliphatic rings. The van der Waals surface area contributed by atoms with E-state index in [1.54, 1.807) is 22.3 Å². The van der Waals surface area contributed by atoms with Gasteiger partial charge in [0.2, 0.25) is 0 Å². The molecule has 0 amide bonds. The summed E-state index contributed by atoms with van der Waals surface area (Å²) in [5, 5.41) is 0. The summed E-state index contributed by atoms with van der Waals surface area (Å²) in [5.41, 5.74) is 10.3. The molecule has 0 saturated carbocycles. The van der Waals surface area contributed by atoms with E-state index in [-0.39, 0.29) is 0 Å². The van der Waals surface area contributed by atoms with Crippen molar-refractivity contribution in [1.29, 1.82) is 0 Å². The van der Waals surface area contributed by atoms with E-state index in [0.717, 1.165) is 0 Å². The number of allylic oxidation sites excluding steroid dienone is 8. The minimum absolute atomic E-state index is 0.902. The van der Waals surface area contributed by atoms with Gasteiger partial charge in [0.15, 0.2) is 0 Å². The molecule has 0 aromatic heterocycles. The zero-order chi connectivity index (χ0) is 17.0. The molecule has 0 atom stereocenters. The molecule has 0 spiro atoms. The van der Waals surface area contributed by atoms with Gasteiger partial charge in [-0.05, 0) is 0 Å². The number of rotatable bonds is 8. The second-order valence-electron chi connectivity index (χ2n) is 7.45. The standard InChI is InChI=1S/2C11H17.Hf/c2*1-4-5-6-11-7-9(2)10(3)8-11;/h2*4-7H2,1-3H3;. The monoisotopic (exact) mass is 478 g/mol. The predicted octanol–water partition coefficient (Wildman–Crippen LogP) is 7.44. The maximum absolute atomic E-state index is 2.41. The van der Waals surface area contributed by atoms with Gasteiger partial charge in [0.05, 0.1) is 0 Å². The number of unbranched alkanes of at least 4 members (excludes halogenated alkanes) is 2. The fourth-order valence-electron chi connectivity index (χ4n) is 3.74. The van der Waals surface area contributed by atoms with E-state index in [2.05, 4.69) is 41.5 Å². The average molecular weight is 477 g/mol. The van der Waals surface area contributed by atoms with E-state index in [9.17, 15) is 0 Å². The van der Waals surface area contributed by atoms with Crippen molar-refractivity contribution in [3.05, 3.63) is 40.1 Å². The van der Waals surface area contributed by atoms with Gasteiger partial charge in [-0.3, -0.25) is 0 Å². The van der Waals surface area contributed by atoms with Crippen LogP contribution in [0.25, 0.3) is 0 Å². The Bertz CT molecular complexity index is 529. The Morgan fingerprint density at radius 3 is 1.43 bits per heavy atom. The Labute approximate surface area is 155 Å². The molecule has 0 fully saturated rings. The van der Waals surface area contributed by atoms with Crippen molar-refractivity contribution in [2.45, 2.75) is 92.9 Å².